The minimum absolute atomic E-state index is 0.00797. The molecular weight excluding hydrogens is 463 g/mol. The van der Waals surface area contributed by atoms with Gasteiger partial charge in [-0.15, -0.1) is 0 Å². The van der Waals surface area contributed by atoms with Crippen LogP contribution in [0.1, 0.15) is 41.6 Å². The lowest BCUT2D eigenvalue weighted by atomic mass is 10.1. The van der Waals surface area contributed by atoms with Crippen molar-refractivity contribution in [2.24, 2.45) is 5.92 Å². The highest BCUT2D eigenvalue weighted by Crippen LogP contribution is 2.33. The Hall–Kier alpha value is -2.72. The molecule has 4 rings (SSSR count). The number of hydroxylamine groups is 1. The number of rotatable bonds is 11. The number of aromatic nitrogens is 2. The van der Waals surface area contributed by atoms with Crippen LogP contribution in [0.2, 0.25) is 5.02 Å². The normalized spacial score (nSPS) is 14.4. The van der Waals surface area contributed by atoms with Crippen molar-refractivity contribution in [1.29, 1.82) is 0 Å². The highest BCUT2D eigenvalue weighted by molar-refractivity contribution is 6.30. The van der Waals surface area contributed by atoms with Crippen molar-refractivity contribution in [2.45, 2.75) is 45.3 Å². The van der Waals surface area contributed by atoms with Crippen molar-refractivity contribution in [2.75, 3.05) is 18.5 Å². The van der Waals surface area contributed by atoms with Gasteiger partial charge in [-0.1, -0.05) is 11.6 Å². The van der Waals surface area contributed by atoms with E-state index in [1.165, 1.54) is 6.33 Å². The van der Waals surface area contributed by atoms with Gasteiger partial charge in [-0.05, 0) is 68.4 Å². The van der Waals surface area contributed by atoms with Crippen LogP contribution in [0, 0.1) is 18.7 Å². The Balaban J connectivity index is 1.67. The van der Waals surface area contributed by atoms with Gasteiger partial charge in [0.1, 0.15) is 5.52 Å². The van der Waals surface area contributed by atoms with E-state index in [1.807, 2.05) is 6.92 Å². The molecule has 0 radical (unpaired) electrons. The summed E-state index contributed by atoms with van der Waals surface area (Å²) >= 11 is 6.05. The Bertz CT molecular complexity index is 1180. The van der Waals surface area contributed by atoms with Gasteiger partial charge in [0.2, 0.25) is 0 Å². The number of fused-ring (bicyclic) bond motifs is 1. The molecule has 1 unspecified atom stereocenters. The molecule has 1 aliphatic rings. The summed E-state index contributed by atoms with van der Waals surface area (Å²) in [6.07, 6.45) is 3.77. The van der Waals surface area contributed by atoms with Gasteiger partial charge in [0.15, 0.2) is 5.82 Å². The van der Waals surface area contributed by atoms with Gasteiger partial charge < -0.3 is 20.1 Å². The molecule has 2 aromatic carbocycles. The van der Waals surface area contributed by atoms with Gasteiger partial charge >= 0.3 is 0 Å². The van der Waals surface area contributed by atoms with Crippen molar-refractivity contribution in [3.63, 3.8) is 0 Å². The molecule has 1 amide bonds. The summed E-state index contributed by atoms with van der Waals surface area (Å²) in [6.45, 7) is 2.37. The SMILES string of the molecule is Cc1cc(Cl)ccc1Nc1c(C(=O)NOCC2CC2)cc2c(ncn2CCCC(O)CO)c1F. The molecule has 3 aromatic rings. The molecule has 1 saturated carbocycles. The summed E-state index contributed by atoms with van der Waals surface area (Å²) in [5.74, 6) is -0.781. The van der Waals surface area contributed by atoms with Crippen LogP contribution in [0.3, 0.4) is 0 Å². The highest BCUT2D eigenvalue weighted by atomic mass is 35.5. The summed E-state index contributed by atoms with van der Waals surface area (Å²) in [5, 5.41) is 22.2. The van der Waals surface area contributed by atoms with E-state index in [9.17, 15) is 9.90 Å². The number of amides is 1. The summed E-state index contributed by atoms with van der Waals surface area (Å²) in [5.41, 5.74) is 4.46. The van der Waals surface area contributed by atoms with Gasteiger partial charge in [0.25, 0.3) is 5.91 Å². The summed E-state index contributed by atoms with van der Waals surface area (Å²) in [7, 11) is 0. The van der Waals surface area contributed by atoms with Gasteiger partial charge in [0.05, 0.1) is 42.4 Å². The zero-order valence-corrected chi connectivity index (χ0v) is 19.6. The molecule has 8 nitrogen and oxygen atoms in total. The number of nitrogens with zero attached hydrogens (tertiary/aromatic N) is 2. The number of benzene rings is 2. The van der Waals surface area contributed by atoms with Crippen molar-refractivity contribution in [3.8, 4) is 0 Å². The molecule has 0 aliphatic heterocycles. The lowest BCUT2D eigenvalue weighted by Crippen LogP contribution is -2.26. The first-order valence-electron chi connectivity index (χ1n) is 11.3. The smallest absolute Gasteiger partial charge is 0.277 e. The molecule has 0 saturated heterocycles. The number of aliphatic hydroxyl groups excluding tert-OH is 2. The van der Waals surface area contributed by atoms with Crippen LogP contribution in [0.4, 0.5) is 15.8 Å². The minimum atomic E-state index is -0.810. The Kier molecular flexibility index (Phi) is 7.67. The second-order valence-corrected chi connectivity index (χ2v) is 9.10. The number of carbonyl (C=O) groups excluding carboxylic acids is 1. The van der Waals surface area contributed by atoms with Crippen LogP contribution in [0.5, 0.6) is 0 Å². The van der Waals surface area contributed by atoms with Gasteiger partial charge in [-0.25, -0.2) is 14.9 Å². The van der Waals surface area contributed by atoms with E-state index >= 15 is 4.39 Å². The van der Waals surface area contributed by atoms with Crippen LogP contribution in [0.15, 0.2) is 30.6 Å². The zero-order chi connectivity index (χ0) is 24.2. The van der Waals surface area contributed by atoms with E-state index in [1.54, 1.807) is 28.8 Å². The molecule has 1 aliphatic carbocycles. The number of anilines is 2. The average molecular weight is 491 g/mol. The van der Waals surface area contributed by atoms with E-state index in [0.717, 1.165) is 18.4 Å². The Morgan fingerprint density at radius 1 is 1.38 bits per heavy atom. The van der Waals surface area contributed by atoms with Crippen molar-refractivity contribution >= 4 is 39.9 Å². The third-order valence-electron chi connectivity index (χ3n) is 5.88. The molecule has 1 atom stereocenters. The maximum absolute atomic E-state index is 15.7. The topological polar surface area (TPSA) is 109 Å². The Labute approximate surface area is 201 Å². The van der Waals surface area contributed by atoms with Crippen molar-refractivity contribution < 1.29 is 24.2 Å². The molecule has 34 heavy (non-hydrogen) atoms. The third kappa shape index (κ3) is 5.67. The number of imidazole rings is 1. The second-order valence-electron chi connectivity index (χ2n) is 8.67. The number of hydrogen-bond donors (Lipinski definition) is 4. The number of aryl methyl sites for hydroxylation is 2. The van der Waals surface area contributed by atoms with Crippen LogP contribution < -0.4 is 10.8 Å². The Morgan fingerprint density at radius 3 is 2.88 bits per heavy atom. The summed E-state index contributed by atoms with van der Waals surface area (Å²) in [6, 6.07) is 6.73. The fraction of sp³-hybridized carbons (Fsp3) is 0.417. The number of carbonyl (C=O) groups is 1. The molecule has 1 heterocycles. The zero-order valence-electron chi connectivity index (χ0n) is 18.9. The lowest BCUT2D eigenvalue weighted by molar-refractivity contribution is 0.0271. The first-order chi connectivity index (χ1) is 16.4. The number of aliphatic hydroxyl groups is 2. The first kappa shape index (κ1) is 24.4. The summed E-state index contributed by atoms with van der Waals surface area (Å²) < 4.78 is 17.4. The van der Waals surface area contributed by atoms with E-state index in [2.05, 4.69) is 15.8 Å². The monoisotopic (exact) mass is 490 g/mol. The Morgan fingerprint density at radius 2 is 2.18 bits per heavy atom. The number of hydrogen-bond acceptors (Lipinski definition) is 6. The third-order valence-corrected chi connectivity index (χ3v) is 6.11. The second kappa shape index (κ2) is 10.7. The van der Waals surface area contributed by atoms with Crippen LogP contribution in [-0.2, 0) is 11.4 Å². The van der Waals surface area contributed by atoms with Crippen LogP contribution in [0.25, 0.3) is 11.0 Å². The fourth-order valence-corrected chi connectivity index (χ4v) is 3.92. The first-order valence-corrected chi connectivity index (χ1v) is 11.7. The predicted octanol–water partition coefficient (Wildman–Crippen LogP) is 4.09. The van der Waals surface area contributed by atoms with E-state index in [-0.39, 0.29) is 23.4 Å². The average Bonchev–Trinajstić information content (AvgIpc) is 3.55. The molecule has 10 heteroatoms. The highest BCUT2D eigenvalue weighted by Gasteiger charge is 2.25. The van der Waals surface area contributed by atoms with Gasteiger partial charge in [-0.2, -0.15) is 0 Å². The lowest BCUT2D eigenvalue weighted by Gasteiger charge is -2.16. The van der Waals surface area contributed by atoms with Crippen LogP contribution >= 0.6 is 11.6 Å². The fourth-order valence-electron chi connectivity index (χ4n) is 3.69. The van der Waals surface area contributed by atoms with E-state index in [0.29, 0.717) is 48.1 Å². The van der Waals surface area contributed by atoms with Gasteiger partial charge in [-0.3, -0.25) is 9.63 Å². The molecule has 0 spiro atoms. The molecule has 4 N–H and O–H groups in total. The maximum Gasteiger partial charge on any atom is 0.277 e. The van der Waals surface area contributed by atoms with E-state index < -0.39 is 17.8 Å². The number of halogens is 2. The summed E-state index contributed by atoms with van der Waals surface area (Å²) in [4.78, 5) is 22.6. The van der Waals surface area contributed by atoms with Gasteiger partial charge in [0, 0.05) is 17.3 Å². The molecule has 1 aromatic heterocycles. The van der Waals surface area contributed by atoms with Crippen molar-refractivity contribution in [1.82, 2.24) is 15.0 Å². The standard InChI is InChI=1S/C24H28ClFN4O4/c1-14-9-16(25)6-7-19(14)28-22-18(24(33)29-34-12-15-4-5-15)10-20-23(21(22)26)27-13-30(20)8-2-3-17(32)11-31/h6-7,9-10,13,15,17,28,31-32H,2-5,8,11-12H2,1H3,(H,29,33). The largest absolute Gasteiger partial charge is 0.394 e. The molecular formula is C24H28ClFN4O4. The van der Waals surface area contributed by atoms with E-state index in [4.69, 9.17) is 21.5 Å². The minimum Gasteiger partial charge on any atom is -0.394 e. The molecule has 182 valence electrons. The quantitative estimate of drug-likeness (QED) is 0.301. The maximum atomic E-state index is 15.7. The predicted molar refractivity (Wildman–Crippen MR) is 128 cm³/mol. The van der Waals surface area contributed by atoms with Crippen molar-refractivity contribution in [3.05, 3.63) is 52.6 Å². The molecule has 1 fully saturated rings. The van der Waals surface area contributed by atoms with Crippen LogP contribution in [-0.4, -0.2) is 45.0 Å². The molecule has 0 bridgehead atoms. The number of nitrogens with one attached hydrogen (secondary N) is 2.